The molecular formula is C14H14N4O. The van der Waals surface area contributed by atoms with Crippen LogP contribution in [-0.4, -0.2) is 16.6 Å². The number of benzene rings is 1. The van der Waals surface area contributed by atoms with Crippen LogP contribution in [0.15, 0.2) is 36.7 Å². The third kappa shape index (κ3) is 3.50. The SMILES string of the molecule is CCOCc1ccc(Nc2nccnc2C#N)cc1. The van der Waals surface area contributed by atoms with Crippen molar-refractivity contribution in [3.63, 3.8) is 0 Å². The highest BCUT2D eigenvalue weighted by molar-refractivity contribution is 5.60. The van der Waals surface area contributed by atoms with Crippen molar-refractivity contribution in [3.8, 4) is 6.07 Å². The van der Waals surface area contributed by atoms with Crippen LogP contribution in [0.2, 0.25) is 0 Å². The fourth-order valence-corrected chi connectivity index (χ4v) is 1.55. The van der Waals surface area contributed by atoms with Gasteiger partial charge in [-0.15, -0.1) is 0 Å². The summed E-state index contributed by atoms with van der Waals surface area (Å²) in [5, 5.41) is 12.0. The molecular weight excluding hydrogens is 240 g/mol. The number of hydrogen-bond donors (Lipinski definition) is 1. The molecule has 0 amide bonds. The highest BCUT2D eigenvalue weighted by atomic mass is 16.5. The van der Waals surface area contributed by atoms with Gasteiger partial charge in [-0.25, -0.2) is 9.97 Å². The predicted molar refractivity (Wildman–Crippen MR) is 71.8 cm³/mol. The molecule has 1 aromatic carbocycles. The summed E-state index contributed by atoms with van der Waals surface area (Å²) < 4.78 is 5.33. The van der Waals surface area contributed by atoms with E-state index in [-0.39, 0.29) is 5.69 Å². The van der Waals surface area contributed by atoms with Gasteiger partial charge in [0.05, 0.1) is 6.61 Å². The van der Waals surface area contributed by atoms with Crippen molar-refractivity contribution in [1.82, 2.24) is 9.97 Å². The van der Waals surface area contributed by atoms with Crippen LogP contribution in [0.3, 0.4) is 0 Å². The minimum Gasteiger partial charge on any atom is -0.377 e. The molecule has 0 bridgehead atoms. The number of aromatic nitrogens is 2. The molecule has 96 valence electrons. The third-order valence-electron chi connectivity index (χ3n) is 2.49. The Kier molecular flexibility index (Phi) is 4.43. The van der Waals surface area contributed by atoms with E-state index in [1.54, 1.807) is 6.20 Å². The van der Waals surface area contributed by atoms with Gasteiger partial charge in [0, 0.05) is 24.7 Å². The molecule has 0 aliphatic heterocycles. The summed E-state index contributed by atoms with van der Waals surface area (Å²) in [4.78, 5) is 8.04. The van der Waals surface area contributed by atoms with E-state index in [1.807, 2.05) is 37.3 Å². The lowest BCUT2D eigenvalue weighted by Crippen LogP contribution is -1.99. The highest BCUT2D eigenvalue weighted by Gasteiger charge is 2.04. The molecule has 0 saturated carbocycles. The maximum atomic E-state index is 8.93. The average Bonchev–Trinajstić information content (AvgIpc) is 2.47. The van der Waals surface area contributed by atoms with Crippen molar-refractivity contribution in [2.45, 2.75) is 13.5 Å². The summed E-state index contributed by atoms with van der Waals surface area (Å²) in [6, 6.07) is 9.79. The van der Waals surface area contributed by atoms with Gasteiger partial charge < -0.3 is 10.1 Å². The third-order valence-corrected chi connectivity index (χ3v) is 2.49. The van der Waals surface area contributed by atoms with Crippen molar-refractivity contribution in [1.29, 1.82) is 5.26 Å². The summed E-state index contributed by atoms with van der Waals surface area (Å²) in [5.74, 6) is 0.461. The zero-order chi connectivity index (χ0) is 13.5. The van der Waals surface area contributed by atoms with Crippen LogP contribution in [0.25, 0.3) is 0 Å². The molecule has 0 radical (unpaired) electrons. The predicted octanol–water partition coefficient (Wildman–Crippen LogP) is 2.63. The molecule has 0 unspecified atom stereocenters. The Hall–Kier alpha value is -2.45. The summed E-state index contributed by atoms with van der Waals surface area (Å²) >= 11 is 0. The molecule has 0 saturated heterocycles. The minimum atomic E-state index is 0.279. The largest absolute Gasteiger partial charge is 0.377 e. The summed E-state index contributed by atoms with van der Waals surface area (Å²) in [5.41, 5.74) is 2.24. The van der Waals surface area contributed by atoms with Gasteiger partial charge in [-0.2, -0.15) is 5.26 Å². The van der Waals surface area contributed by atoms with E-state index in [1.165, 1.54) is 6.20 Å². The van der Waals surface area contributed by atoms with Gasteiger partial charge in [-0.1, -0.05) is 12.1 Å². The van der Waals surface area contributed by atoms with E-state index in [9.17, 15) is 0 Å². The first-order chi connectivity index (χ1) is 9.33. The minimum absolute atomic E-state index is 0.279. The highest BCUT2D eigenvalue weighted by Crippen LogP contribution is 2.17. The lowest BCUT2D eigenvalue weighted by molar-refractivity contribution is 0.134. The van der Waals surface area contributed by atoms with E-state index in [0.29, 0.717) is 19.0 Å². The van der Waals surface area contributed by atoms with Crippen molar-refractivity contribution in [3.05, 3.63) is 47.9 Å². The summed E-state index contributed by atoms with van der Waals surface area (Å²) in [6.07, 6.45) is 3.04. The number of nitrogens with one attached hydrogen (secondary N) is 1. The normalized spacial score (nSPS) is 9.89. The summed E-state index contributed by atoms with van der Waals surface area (Å²) in [7, 11) is 0. The monoisotopic (exact) mass is 254 g/mol. The van der Waals surface area contributed by atoms with Crippen molar-refractivity contribution in [2.75, 3.05) is 11.9 Å². The lowest BCUT2D eigenvalue weighted by atomic mass is 10.2. The Morgan fingerprint density at radius 2 is 1.95 bits per heavy atom. The number of hydrogen-bond acceptors (Lipinski definition) is 5. The van der Waals surface area contributed by atoms with Crippen LogP contribution >= 0.6 is 0 Å². The number of nitriles is 1. The first kappa shape index (κ1) is 13.0. The maximum absolute atomic E-state index is 8.93. The van der Waals surface area contributed by atoms with Gasteiger partial charge >= 0.3 is 0 Å². The first-order valence-corrected chi connectivity index (χ1v) is 5.98. The quantitative estimate of drug-likeness (QED) is 0.888. The number of nitrogens with zero attached hydrogens (tertiary/aromatic N) is 3. The fourth-order valence-electron chi connectivity index (χ4n) is 1.55. The molecule has 0 atom stereocenters. The van der Waals surface area contributed by atoms with Gasteiger partial charge in [0.15, 0.2) is 11.5 Å². The molecule has 1 heterocycles. The Balaban J connectivity index is 2.09. The van der Waals surface area contributed by atoms with E-state index >= 15 is 0 Å². The Bertz CT molecular complexity index is 575. The van der Waals surface area contributed by atoms with E-state index in [0.717, 1.165) is 11.3 Å². The van der Waals surface area contributed by atoms with Crippen molar-refractivity contribution >= 4 is 11.5 Å². The molecule has 1 N–H and O–H groups in total. The molecule has 0 aliphatic carbocycles. The Morgan fingerprint density at radius 3 is 2.63 bits per heavy atom. The molecule has 1 aromatic heterocycles. The zero-order valence-electron chi connectivity index (χ0n) is 10.6. The van der Waals surface area contributed by atoms with Crippen molar-refractivity contribution < 1.29 is 4.74 Å². The second-order valence-corrected chi connectivity index (χ2v) is 3.82. The molecule has 2 aromatic rings. The van der Waals surface area contributed by atoms with Crippen LogP contribution in [0.4, 0.5) is 11.5 Å². The van der Waals surface area contributed by atoms with Crippen LogP contribution in [0.1, 0.15) is 18.2 Å². The van der Waals surface area contributed by atoms with Crippen LogP contribution in [0, 0.1) is 11.3 Å². The maximum Gasteiger partial charge on any atom is 0.183 e. The number of anilines is 2. The molecule has 5 nitrogen and oxygen atoms in total. The molecule has 0 fully saturated rings. The topological polar surface area (TPSA) is 70.8 Å². The van der Waals surface area contributed by atoms with Gasteiger partial charge in [0.2, 0.25) is 0 Å². The average molecular weight is 254 g/mol. The Labute approximate surface area is 111 Å². The fraction of sp³-hybridized carbons (Fsp3) is 0.214. The van der Waals surface area contributed by atoms with Crippen LogP contribution in [0.5, 0.6) is 0 Å². The molecule has 2 rings (SSSR count). The number of rotatable bonds is 5. The first-order valence-electron chi connectivity index (χ1n) is 5.98. The molecule has 5 heteroatoms. The van der Waals surface area contributed by atoms with Gasteiger partial charge in [-0.05, 0) is 24.6 Å². The van der Waals surface area contributed by atoms with E-state index < -0.39 is 0 Å². The molecule has 0 aliphatic rings. The smallest absolute Gasteiger partial charge is 0.183 e. The Morgan fingerprint density at radius 1 is 1.21 bits per heavy atom. The second kappa shape index (κ2) is 6.47. The molecule has 19 heavy (non-hydrogen) atoms. The second-order valence-electron chi connectivity index (χ2n) is 3.82. The van der Waals surface area contributed by atoms with Crippen LogP contribution in [-0.2, 0) is 11.3 Å². The van der Waals surface area contributed by atoms with Crippen LogP contribution < -0.4 is 5.32 Å². The molecule has 0 spiro atoms. The lowest BCUT2D eigenvalue weighted by Gasteiger charge is -2.07. The van der Waals surface area contributed by atoms with Gasteiger partial charge in [-0.3, -0.25) is 0 Å². The zero-order valence-corrected chi connectivity index (χ0v) is 10.6. The van der Waals surface area contributed by atoms with Gasteiger partial charge in [0.25, 0.3) is 0 Å². The van der Waals surface area contributed by atoms with Gasteiger partial charge in [0.1, 0.15) is 6.07 Å². The van der Waals surface area contributed by atoms with Crippen molar-refractivity contribution in [2.24, 2.45) is 0 Å². The van der Waals surface area contributed by atoms with E-state index in [4.69, 9.17) is 10.00 Å². The number of ether oxygens (including phenoxy) is 1. The van der Waals surface area contributed by atoms with E-state index in [2.05, 4.69) is 15.3 Å². The summed E-state index contributed by atoms with van der Waals surface area (Å²) in [6.45, 7) is 3.27. The standard InChI is InChI=1S/C14H14N4O/c1-2-19-10-11-3-5-12(6-4-11)18-14-13(9-15)16-7-8-17-14/h3-8H,2,10H2,1H3,(H,17,18).